The van der Waals surface area contributed by atoms with Gasteiger partial charge in [-0.25, -0.2) is 0 Å². The Hall–Kier alpha value is -1.37. The Balaban J connectivity index is 2.14. The number of hydrogen-bond acceptors (Lipinski definition) is 1. The standard InChI is InChI=1S/C14H14O/c15-14-9-10-5-1-2-6-11(10)12-7-3-4-8-13(12)14/h3-4,8-9H,1-2,5-7H2. The quantitative estimate of drug-likeness (QED) is 0.584. The summed E-state index contributed by atoms with van der Waals surface area (Å²) in [6.07, 6.45) is 13.7. The van der Waals surface area contributed by atoms with Crippen molar-refractivity contribution >= 4 is 5.78 Å². The van der Waals surface area contributed by atoms with Crippen LogP contribution in [0.2, 0.25) is 0 Å². The maximum atomic E-state index is 11.9. The van der Waals surface area contributed by atoms with E-state index in [0.717, 1.165) is 18.4 Å². The summed E-state index contributed by atoms with van der Waals surface area (Å²) in [5.74, 6) is 0.218. The first-order valence-electron chi connectivity index (χ1n) is 5.71. The van der Waals surface area contributed by atoms with Crippen molar-refractivity contribution in [2.75, 3.05) is 0 Å². The van der Waals surface area contributed by atoms with Crippen LogP contribution in [0.25, 0.3) is 0 Å². The molecule has 0 aromatic rings. The van der Waals surface area contributed by atoms with Gasteiger partial charge in [-0.3, -0.25) is 4.79 Å². The zero-order valence-electron chi connectivity index (χ0n) is 8.75. The average molecular weight is 198 g/mol. The summed E-state index contributed by atoms with van der Waals surface area (Å²) in [4.78, 5) is 11.9. The zero-order chi connectivity index (χ0) is 10.3. The van der Waals surface area contributed by atoms with E-state index in [-0.39, 0.29) is 5.78 Å². The largest absolute Gasteiger partial charge is 0.289 e. The molecule has 1 saturated carbocycles. The van der Waals surface area contributed by atoms with E-state index in [1.54, 1.807) is 0 Å². The van der Waals surface area contributed by atoms with Gasteiger partial charge < -0.3 is 0 Å². The normalized spacial score (nSPS) is 24.4. The van der Waals surface area contributed by atoms with Gasteiger partial charge in [-0.1, -0.05) is 18.2 Å². The lowest BCUT2D eigenvalue weighted by molar-refractivity contribution is -0.111. The molecule has 0 spiro atoms. The minimum absolute atomic E-state index is 0.218. The van der Waals surface area contributed by atoms with Crippen LogP contribution in [0.5, 0.6) is 0 Å². The number of hydrogen-bond donors (Lipinski definition) is 0. The smallest absolute Gasteiger partial charge is 0.186 e. The maximum Gasteiger partial charge on any atom is 0.186 e. The Kier molecular flexibility index (Phi) is 1.98. The van der Waals surface area contributed by atoms with Gasteiger partial charge in [0.15, 0.2) is 5.78 Å². The van der Waals surface area contributed by atoms with E-state index < -0.39 is 0 Å². The summed E-state index contributed by atoms with van der Waals surface area (Å²) in [5, 5.41) is 0. The van der Waals surface area contributed by atoms with Crippen LogP contribution in [0.1, 0.15) is 32.1 Å². The van der Waals surface area contributed by atoms with Gasteiger partial charge in [-0.05, 0) is 54.9 Å². The van der Waals surface area contributed by atoms with E-state index in [0.29, 0.717) is 0 Å². The molecule has 0 heterocycles. The Morgan fingerprint density at radius 2 is 1.93 bits per heavy atom. The molecule has 0 aliphatic heterocycles. The number of rotatable bonds is 0. The Bertz CT molecular complexity index is 444. The predicted octanol–water partition coefficient (Wildman–Crippen LogP) is 3.25. The molecule has 3 aliphatic rings. The van der Waals surface area contributed by atoms with Gasteiger partial charge in [-0.2, -0.15) is 0 Å². The number of fused-ring (bicyclic) bond motifs is 2. The van der Waals surface area contributed by atoms with Crippen LogP contribution < -0.4 is 0 Å². The van der Waals surface area contributed by atoms with Crippen LogP contribution in [-0.2, 0) is 4.79 Å². The molecule has 15 heavy (non-hydrogen) atoms. The SMILES string of the molecule is O=C1C=C2CCCCC2=C2CC=CC=C12. The fourth-order valence-corrected chi connectivity index (χ4v) is 2.75. The molecule has 0 aromatic heterocycles. The molecule has 1 heteroatoms. The van der Waals surface area contributed by atoms with Crippen molar-refractivity contribution < 1.29 is 4.79 Å². The molecular weight excluding hydrogens is 184 g/mol. The number of carbonyl (C=O) groups excluding carboxylic acids is 1. The van der Waals surface area contributed by atoms with Crippen LogP contribution >= 0.6 is 0 Å². The molecule has 0 atom stereocenters. The summed E-state index contributed by atoms with van der Waals surface area (Å²) in [6.45, 7) is 0. The first-order chi connectivity index (χ1) is 7.36. The van der Waals surface area contributed by atoms with Gasteiger partial charge in [0, 0.05) is 5.57 Å². The number of allylic oxidation sites excluding steroid dienone is 8. The molecular formula is C14H14O. The maximum absolute atomic E-state index is 11.9. The molecule has 0 bridgehead atoms. The highest BCUT2D eigenvalue weighted by molar-refractivity contribution is 6.10. The second-order valence-corrected chi connectivity index (χ2v) is 4.41. The topological polar surface area (TPSA) is 17.1 Å². The summed E-state index contributed by atoms with van der Waals surface area (Å²) in [7, 11) is 0. The van der Waals surface area contributed by atoms with Crippen molar-refractivity contribution in [1.82, 2.24) is 0 Å². The van der Waals surface area contributed by atoms with Crippen LogP contribution in [0, 0.1) is 0 Å². The first-order valence-corrected chi connectivity index (χ1v) is 5.71. The van der Waals surface area contributed by atoms with Crippen LogP contribution in [0.15, 0.2) is 46.6 Å². The summed E-state index contributed by atoms with van der Waals surface area (Å²) >= 11 is 0. The van der Waals surface area contributed by atoms with E-state index in [4.69, 9.17) is 0 Å². The van der Waals surface area contributed by atoms with Crippen LogP contribution in [0.4, 0.5) is 0 Å². The molecule has 0 amide bonds. The fourth-order valence-electron chi connectivity index (χ4n) is 2.75. The van der Waals surface area contributed by atoms with Crippen LogP contribution in [-0.4, -0.2) is 5.78 Å². The lowest BCUT2D eigenvalue weighted by Gasteiger charge is -2.27. The molecule has 0 unspecified atom stereocenters. The predicted molar refractivity (Wildman–Crippen MR) is 60.4 cm³/mol. The second-order valence-electron chi connectivity index (χ2n) is 4.41. The van der Waals surface area contributed by atoms with Crippen molar-refractivity contribution in [2.24, 2.45) is 0 Å². The molecule has 0 saturated heterocycles. The van der Waals surface area contributed by atoms with Gasteiger partial charge in [0.2, 0.25) is 0 Å². The molecule has 0 aromatic carbocycles. The third-order valence-corrected chi connectivity index (χ3v) is 3.49. The molecule has 0 N–H and O–H groups in total. The van der Waals surface area contributed by atoms with E-state index in [1.165, 1.54) is 36.0 Å². The van der Waals surface area contributed by atoms with Crippen molar-refractivity contribution in [1.29, 1.82) is 0 Å². The van der Waals surface area contributed by atoms with Crippen molar-refractivity contribution in [3.63, 3.8) is 0 Å². The van der Waals surface area contributed by atoms with Crippen molar-refractivity contribution in [3.8, 4) is 0 Å². The lowest BCUT2D eigenvalue weighted by atomic mass is 9.76. The summed E-state index contributed by atoms with van der Waals surface area (Å²) in [6, 6.07) is 0. The molecule has 1 nitrogen and oxygen atoms in total. The lowest BCUT2D eigenvalue weighted by Crippen LogP contribution is -2.16. The first kappa shape index (κ1) is 8.90. The van der Waals surface area contributed by atoms with Crippen molar-refractivity contribution in [3.05, 3.63) is 46.6 Å². The third kappa shape index (κ3) is 1.34. The Labute approximate surface area is 89.9 Å². The zero-order valence-corrected chi connectivity index (χ0v) is 8.75. The highest BCUT2D eigenvalue weighted by Gasteiger charge is 2.26. The van der Waals surface area contributed by atoms with E-state index >= 15 is 0 Å². The highest BCUT2D eigenvalue weighted by Crippen LogP contribution is 2.39. The van der Waals surface area contributed by atoms with Crippen LogP contribution in [0.3, 0.4) is 0 Å². The third-order valence-electron chi connectivity index (χ3n) is 3.49. The number of ketones is 1. The monoisotopic (exact) mass is 198 g/mol. The average Bonchev–Trinajstić information content (AvgIpc) is 2.30. The summed E-state index contributed by atoms with van der Waals surface area (Å²) in [5.41, 5.74) is 5.03. The molecule has 3 rings (SSSR count). The van der Waals surface area contributed by atoms with Gasteiger partial charge in [0.05, 0.1) is 0 Å². The molecule has 76 valence electrons. The van der Waals surface area contributed by atoms with Gasteiger partial charge in [-0.15, -0.1) is 0 Å². The molecule has 3 aliphatic carbocycles. The number of carbonyl (C=O) groups is 1. The Morgan fingerprint density at radius 1 is 1.07 bits per heavy atom. The van der Waals surface area contributed by atoms with E-state index in [2.05, 4.69) is 6.08 Å². The fraction of sp³-hybridized carbons (Fsp3) is 0.357. The second kappa shape index (κ2) is 3.34. The summed E-state index contributed by atoms with van der Waals surface area (Å²) < 4.78 is 0. The minimum atomic E-state index is 0.218. The highest BCUT2D eigenvalue weighted by atomic mass is 16.1. The van der Waals surface area contributed by atoms with Gasteiger partial charge >= 0.3 is 0 Å². The van der Waals surface area contributed by atoms with Crippen molar-refractivity contribution in [2.45, 2.75) is 32.1 Å². The van der Waals surface area contributed by atoms with E-state index in [1.807, 2.05) is 18.2 Å². The minimum Gasteiger partial charge on any atom is -0.289 e. The van der Waals surface area contributed by atoms with E-state index in [9.17, 15) is 4.79 Å². The molecule has 1 fully saturated rings. The van der Waals surface area contributed by atoms with Gasteiger partial charge in [0.25, 0.3) is 0 Å². The van der Waals surface area contributed by atoms with Gasteiger partial charge in [0.1, 0.15) is 0 Å². The Morgan fingerprint density at radius 3 is 2.87 bits per heavy atom. The molecule has 0 radical (unpaired) electrons.